The molecule has 1 saturated heterocycles. The number of hydrogen-bond acceptors (Lipinski definition) is 9. The predicted octanol–water partition coefficient (Wildman–Crippen LogP) is 4.27. The molecule has 4 aromatic rings. The minimum absolute atomic E-state index is 0.121. The molecule has 10 nitrogen and oxygen atoms in total. The summed E-state index contributed by atoms with van der Waals surface area (Å²) in [6.45, 7) is 2.52. The van der Waals surface area contributed by atoms with Gasteiger partial charge in [-0.25, -0.2) is 0 Å². The monoisotopic (exact) mass is 566 g/mol. The van der Waals surface area contributed by atoms with E-state index < -0.39 is 0 Å². The highest BCUT2D eigenvalue weighted by Crippen LogP contribution is 2.31. The van der Waals surface area contributed by atoms with Crippen LogP contribution in [0.1, 0.15) is 21.7 Å². The molecule has 0 unspecified atom stereocenters. The first-order valence-electron chi connectivity index (χ1n) is 12.8. The van der Waals surface area contributed by atoms with E-state index in [0.717, 1.165) is 5.69 Å². The number of para-hydroxylation sites is 1. The minimum atomic E-state index is -0.383. The Balaban J connectivity index is 1.42. The maximum Gasteiger partial charge on any atom is 0.269 e. The van der Waals surface area contributed by atoms with E-state index in [0.29, 0.717) is 66.3 Å². The van der Waals surface area contributed by atoms with Crippen molar-refractivity contribution in [2.75, 3.05) is 38.3 Å². The van der Waals surface area contributed by atoms with Gasteiger partial charge in [-0.05, 0) is 60.3 Å². The number of nitriles is 1. The van der Waals surface area contributed by atoms with Gasteiger partial charge in [-0.3, -0.25) is 14.7 Å². The molecule has 0 radical (unpaired) electrons. The second-order valence-electron chi connectivity index (χ2n) is 8.88. The van der Waals surface area contributed by atoms with Gasteiger partial charge in [-0.15, -0.1) is 10.2 Å². The number of anilines is 1. The molecule has 1 amide bonds. The van der Waals surface area contributed by atoms with Gasteiger partial charge in [0.05, 0.1) is 31.6 Å². The first-order valence-corrected chi connectivity index (χ1v) is 13.2. The predicted molar refractivity (Wildman–Crippen MR) is 158 cm³/mol. The number of ether oxygens (including phenoxy) is 3. The quantitative estimate of drug-likeness (QED) is 0.259. The van der Waals surface area contributed by atoms with Crippen molar-refractivity contribution in [2.24, 2.45) is 0 Å². The van der Waals surface area contributed by atoms with E-state index >= 15 is 0 Å². The molecular formula is C30H26N6O4S. The van der Waals surface area contributed by atoms with Crippen molar-refractivity contribution in [2.45, 2.75) is 0 Å². The smallest absolute Gasteiger partial charge is 0.269 e. The van der Waals surface area contributed by atoms with Crippen LogP contribution in [-0.4, -0.2) is 59.3 Å². The number of amides is 1. The van der Waals surface area contributed by atoms with Crippen LogP contribution in [0.4, 0.5) is 5.95 Å². The number of allylic oxidation sites excluding steroid dienone is 1. The molecule has 1 aliphatic heterocycles. The standard InChI is InChI=1S/C30H26N6O4S/c1-38-26-19-21(12-13-25(26)40-30(41)32-28(37)22-8-4-2-5-9-22)18-23(20-31)27-33-34-29(35-14-16-39-17-15-35)36(27)24-10-6-3-7-11-24/h2-13,18-19H,14-17H2,1H3,(H,32,37,41). The summed E-state index contributed by atoms with van der Waals surface area (Å²) >= 11 is 5.23. The highest BCUT2D eigenvalue weighted by Gasteiger charge is 2.23. The fourth-order valence-electron chi connectivity index (χ4n) is 4.28. The maximum atomic E-state index is 12.4. The summed E-state index contributed by atoms with van der Waals surface area (Å²) in [7, 11) is 1.49. The van der Waals surface area contributed by atoms with Gasteiger partial charge in [0.15, 0.2) is 17.3 Å². The van der Waals surface area contributed by atoms with E-state index in [4.69, 9.17) is 26.4 Å². The summed E-state index contributed by atoms with van der Waals surface area (Å²) in [4.78, 5) is 14.5. The molecule has 11 heteroatoms. The lowest BCUT2D eigenvalue weighted by Crippen LogP contribution is -2.38. The fraction of sp³-hybridized carbons (Fsp3) is 0.167. The molecule has 1 aromatic heterocycles. The van der Waals surface area contributed by atoms with Crippen LogP contribution in [0.2, 0.25) is 0 Å². The van der Waals surface area contributed by atoms with Crippen molar-refractivity contribution in [3.05, 3.63) is 95.8 Å². The molecule has 2 heterocycles. The molecular weight excluding hydrogens is 540 g/mol. The molecule has 1 fully saturated rings. The van der Waals surface area contributed by atoms with E-state index in [1.807, 2.05) is 41.0 Å². The molecule has 0 atom stereocenters. The number of nitrogens with zero attached hydrogens (tertiary/aromatic N) is 5. The van der Waals surface area contributed by atoms with Crippen LogP contribution in [0, 0.1) is 11.3 Å². The number of aromatic nitrogens is 3. The third kappa shape index (κ3) is 6.41. The van der Waals surface area contributed by atoms with E-state index in [2.05, 4.69) is 26.5 Å². The van der Waals surface area contributed by atoms with E-state index in [1.54, 1.807) is 48.5 Å². The van der Waals surface area contributed by atoms with Gasteiger partial charge in [0, 0.05) is 18.7 Å². The van der Waals surface area contributed by atoms with Gasteiger partial charge in [-0.2, -0.15) is 5.26 Å². The molecule has 1 aliphatic rings. The molecule has 206 valence electrons. The number of carbonyl (C=O) groups is 1. The van der Waals surface area contributed by atoms with Crippen molar-refractivity contribution >= 4 is 40.9 Å². The van der Waals surface area contributed by atoms with Crippen LogP contribution in [0.5, 0.6) is 11.5 Å². The maximum absolute atomic E-state index is 12.4. The van der Waals surface area contributed by atoms with Crippen molar-refractivity contribution in [3.63, 3.8) is 0 Å². The van der Waals surface area contributed by atoms with Crippen molar-refractivity contribution in [1.29, 1.82) is 5.26 Å². The van der Waals surface area contributed by atoms with Crippen LogP contribution in [-0.2, 0) is 4.74 Å². The molecule has 0 saturated carbocycles. The van der Waals surface area contributed by atoms with Crippen LogP contribution in [0.25, 0.3) is 17.3 Å². The Bertz CT molecular complexity index is 1610. The largest absolute Gasteiger partial charge is 0.493 e. The number of nitrogens with one attached hydrogen (secondary N) is 1. The SMILES string of the molecule is COc1cc(C=C(C#N)c2nnc(N3CCOCC3)n2-c2ccccc2)ccc1OC(=S)NC(=O)c1ccccc1. The van der Waals surface area contributed by atoms with Crippen molar-refractivity contribution in [1.82, 2.24) is 20.1 Å². The number of carbonyl (C=O) groups excluding carboxylic acids is 1. The molecule has 5 rings (SSSR count). The first-order chi connectivity index (χ1) is 20.1. The number of morpholine rings is 1. The highest BCUT2D eigenvalue weighted by atomic mass is 32.1. The Morgan fingerprint density at radius 3 is 2.41 bits per heavy atom. The Labute approximate surface area is 242 Å². The molecule has 41 heavy (non-hydrogen) atoms. The van der Waals surface area contributed by atoms with Gasteiger partial charge >= 0.3 is 0 Å². The zero-order valence-electron chi connectivity index (χ0n) is 22.2. The van der Waals surface area contributed by atoms with Gasteiger partial charge in [0.25, 0.3) is 11.1 Å². The van der Waals surface area contributed by atoms with Gasteiger partial charge in [0.1, 0.15) is 6.07 Å². The highest BCUT2D eigenvalue weighted by molar-refractivity contribution is 7.80. The van der Waals surface area contributed by atoms with Crippen LogP contribution in [0.3, 0.4) is 0 Å². The summed E-state index contributed by atoms with van der Waals surface area (Å²) < 4.78 is 18.6. The Kier molecular flexibility index (Phi) is 8.64. The third-order valence-electron chi connectivity index (χ3n) is 6.27. The average Bonchev–Trinajstić information content (AvgIpc) is 3.47. The normalized spacial score (nSPS) is 13.3. The Morgan fingerprint density at radius 1 is 1.02 bits per heavy atom. The summed E-state index contributed by atoms with van der Waals surface area (Å²) in [6, 6.07) is 25.7. The lowest BCUT2D eigenvalue weighted by Gasteiger charge is -2.28. The lowest BCUT2D eigenvalue weighted by molar-refractivity contribution is 0.0973. The second kappa shape index (κ2) is 12.9. The third-order valence-corrected chi connectivity index (χ3v) is 6.45. The number of benzene rings is 3. The topological polar surface area (TPSA) is 115 Å². The second-order valence-corrected chi connectivity index (χ2v) is 9.25. The zero-order chi connectivity index (χ0) is 28.6. The summed E-state index contributed by atoms with van der Waals surface area (Å²) in [6.07, 6.45) is 1.70. The average molecular weight is 567 g/mol. The zero-order valence-corrected chi connectivity index (χ0v) is 23.0. The fourth-order valence-corrected chi connectivity index (χ4v) is 4.47. The number of thiocarbonyl (C=S) groups is 1. The number of rotatable bonds is 7. The van der Waals surface area contributed by atoms with Gasteiger partial charge < -0.3 is 19.1 Å². The van der Waals surface area contributed by atoms with Crippen molar-refractivity contribution in [3.8, 4) is 23.3 Å². The number of hydrogen-bond donors (Lipinski definition) is 1. The Morgan fingerprint density at radius 2 is 1.73 bits per heavy atom. The van der Waals surface area contributed by atoms with Crippen LogP contribution >= 0.6 is 12.2 Å². The van der Waals surface area contributed by atoms with Gasteiger partial charge in [-0.1, -0.05) is 42.5 Å². The van der Waals surface area contributed by atoms with E-state index in [1.165, 1.54) is 7.11 Å². The summed E-state index contributed by atoms with van der Waals surface area (Å²) in [5.41, 5.74) is 2.26. The summed E-state index contributed by atoms with van der Waals surface area (Å²) in [5.74, 6) is 1.34. The minimum Gasteiger partial charge on any atom is -0.493 e. The number of methoxy groups -OCH3 is 1. The summed E-state index contributed by atoms with van der Waals surface area (Å²) in [5, 5.41) is 21.5. The lowest BCUT2D eigenvalue weighted by atomic mass is 10.1. The first kappa shape index (κ1) is 27.5. The van der Waals surface area contributed by atoms with Crippen molar-refractivity contribution < 1.29 is 19.0 Å². The van der Waals surface area contributed by atoms with E-state index in [9.17, 15) is 10.1 Å². The molecule has 0 aliphatic carbocycles. The van der Waals surface area contributed by atoms with E-state index in [-0.39, 0.29) is 11.1 Å². The van der Waals surface area contributed by atoms with Crippen LogP contribution < -0.4 is 19.7 Å². The van der Waals surface area contributed by atoms with Gasteiger partial charge in [0.2, 0.25) is 5.95 Å². The van der Waals surface area contributed by atoms with Crippen LogP contribution in [0.15, 0.2) is 78.9 Å². The molecule has 0 spiro atoms. The molecule has 0 bridgehead atoms. The molecule has 3 aromatic carbocycles. The Hall–Kier alpha value is -5.05. The molecule has 1 N–H and O–H groups in total.